The van der Waals surface area contributed by atoms with E-state index in [1.54, 1.807) is 4.83 Å². The van der Waals surface area contributed by atoms with Crippen LogP contribution in [0.5, 0.6) is 11.5 Å². The van der Waals surface area contributed by atoms with Gasteiger partial charge in [-0.05, 0) is 36.4 Å². The van der Waals surface area contributed by atoms with Crippen molar-refractivity contribution in [3.8, 4) is 11.5 Å². The number of hydrazine groups is 1. The topological polar surface area (TPSA) is 93.7 Å². The number of carbonyl (C=O) groups excluding carboxylic acids is 1. The van der Waals surface area contributed by atoms with Crippen LogP contribution in [0.2, 0.25) is 0 Å². The van der Waals surface area contributed by atoms with Crippen LogP contribution in [0.25, 0.3) is 0 Å². The Balaban J connectivity index is 2.17. The van der Waals surface area contributed by atoms with E-state index in [1.807, 2.05) is 5.43 Å². The Kier molecular flexibility index (Phi) is 5.55. The summed E-state index contributed by atoms with van der Waals surface area (Å²) in [5.74, 6) is -2.29. The molecule has 0 aliphatic carbocycles. The molecule has 0 fully saturated rings. The van der Waals surface area contributed by atoms with E-state index in [0.29, 0.717) is 17.9 Å². The summed E-state index contributed by atoms with van der Waals surface area (Å²) in [5.41, 5.74) is 1.97. The molecule has 0 aliphatic heterocycles. The molecule has 1 amide bonds. The highest BCUT2D eigenvalue weighted by atomic mass is 32.2. The van der Waals surface area contributed by atoms with Crippen LogP contribution < -0.4 is 19.7 Å². The summed E-state index contributed by atoms with van der Waals surface area (Å²) in [4.78, 5) is 12.8. The largest absolute Gasteiger partial charge is 0.493 e. The van der Waals surface area contributed by atoms with E-state index in [4.69, 9.17) is 9.47 Å². The number of benzene rings is 2. The minimum atomic E-state index is -4.50. The van der Waals surface area contributed by atoms with Gasteiger partial charge in [0, 0.05) is 5.56 Å². The van der Waals surface area contributed by atoms with Gasteiger partial charge in [0.1, 0.15) is 16.5 Å². The van der Waals surface area contributed by atoms with Gasteiger partial charge in [-0.15, -0.1) is 4.83 Å². The quantitative estimate of drug-likeness (QED) is 0.752. The van der Waals surface area contributed by atoms with Crippen molar-refractivity contribution < 1.29 is 31.5 Å². The predicted octanol–water partition coefficient (Wildman–Crippen LogP) is 1.61. The first kappa shape index (κ1) is 18.6. The Hall–Kier alpha value is -2.72. The molecule has 0 atom stereocenters. The highest BCUT2D eigenvalue weighted by Gasteiger charge is 2.21. The molecule has 0 spiro atoms. The van der Waals surface area contributed by atoms with E-state index in [9.17, 15) is 22.0 Å². The monoisotopic (exact) mass is 372 g/mol. The molecular weight excluding hydrogens is 358 g/mol. The average Bonchev–Trinajstić information content (AvgIpc) is 2.61. The number of methoxy groups -OCH3 is 2. The van der Waals surface area contributed by atoms with Gasteiger partial charge in [-0.25, -0.2) is 17.2 Å². The fourth-order valence-electron chi connectivity index (χ4n) is 1.90. The van der Waals surface area contributed by atoms with Gasteiger partial charge >= 0.3 is 0 Å². The summed E-state index contributed by atoms with van der Waals surface area (Å²) < 4.78 is 60.7. The van der Waals surface area contributed by atoms with Crippen molar-refractivity contribution in [2.75, 3.05) is 14.2 Å². The van der Waals surface area contributed by atoms with Crippen molar-refractivity contribution in [2.24, 2.45) is 0 Å². The van der Waals surface area contributed by atoms with Crippen molar-refractivity contribution in [2.45, 2.75) is 4.90 Å². The number of ether oxygens (including phenoxy) is 2. The van der Waals surface area contributed by atoms with E-state index in [1.165, 1.54) is 32.4 Å². The Morgan fingerprint density at radius 1 is 1.00 bits per heavy atom. The van der Waals surface area contributed by atoms with E-state index >= 15 is 0 Å². The van der Waals surface area contributed by atoms with Gasteiger partial charge in [-0.1, -0.05) is 0 Å². The van der Waals surface area contributed by atoms with Crippen molar-refractivity contribution in [3.63, 3.8) is 0 Å². The third kappa shape index (κ3) is 4.22. The molecule has 2 aromatic carbocycles. The molecule has 0 saturated heterocycles. The number of halogens is 2. The molecule has 10 heteroatoms. The lowest BCUT2D eigenvalue weighted by atomic mass is 10.2. The fraction of sp³-hybridized carbons (Fsp3) is 0.133. The third-order valence-corrected chi connectivity index (χ3v) is 4.39. The maximum Gasteiger partial charge on any atom is 0.266 e. The molecule has 0 radical (unpaired) electrons. The van der Waals surface area contributed by atoms with E-state index in [2.05, 4.69) is 0 Å². The van der Waals surface area contributed by atoms with Gasteiger partial charge in [0.15, 0.2) is 11.5 Å². The van der Waals surface area contributed by atoms with Crippen LogP contribution in [0.3, 0.4) is 0 Å². The van der Waals surface area contributed by atoms with Gasteiger partial charge in [-0.3, -0.25) is 10.2 Å². The van der Waals surface area contributed by atoms with Gasteiger partial charge in [0.25, 0.3) is 15.9 Å². The first-order chi connectivity index (χ1) is 11.8. The third-order valence-electron chi connectivity index (χ3n) is 3.13. The second kappa shape index (κ2) is 7.45. The number of rotatable bonds is 6. The van der Waals surface area contributed by atoms with Crippen molar-refractivity contribution >= 4 is 15.9 Å². The number of nitrogens with one attached hydrogen (secondary N) is 2. The van der Waals surface area contributed by atoms with Crippen LogP contribution in [0, 0.1) is 11.6 Å². The highest BCUT2D eigenvalue weighted by Crippen LogP contribution is 2.27. The molecule has 0 aromatic heterocycles. The Labute approximate surface area is 142 Å². The maximum absolute atomic E-state index is 13.6. The number of hydrogen-bond acceptors (Lipinski definition) is 5. The average molecular weight is 372 g/mol. The summed E-state index contributed by atoms with van der Waals surface area (Å²) in [6, 6.07) is 6.09. The zero-order valence-corrected chi connectivity index (χ0v) is 14.0. The summed E-state index contributed by atoms with van der Waals surface area (Å²) >= 11 is 0. The van der Waals surface area contributed by atoms with Crippen LogP contribution in [0.15, 0.2) is 41.3 Å². The van der Waals surface area contributed by atoms with Crippen LogP contribution in [0.1, 0.15) is 10.4 Å². The second-order valence-corrected chi connectivity index (χ2v) is 6.35. The zero-order chi connectivity index (χ0) is 18.6. The van der Waals surface area contributed by atoms with Crippen molar-refractivity contribution in [3.05, 3.63) is 53.6 Å². The molecule has 134 valence electrons. The second-order valence-electron chi connectivity index (χ2n) is 4.70. The number of amides is 1. The van der Waals surface area contributed by atoms with E-state index in [0.717, 1.165) is 6.07 Å². The summed E-state index contributed by atoms with van der Waals surface area (Å²) in [6.07, 6.45) is 0. The molecule has 25 heavy (non-hydrogen) atoms. The van der Waals surface area contributed by atoms with Crippen molar-refractivity contribution in [1.82, 2.24) is 10.3 Å². The van der Waals surface area contributed by atoms with Crippen LogP contribution >= 0.6 is 0 Å². The molecular formula is C15H14F2N2O5S. The Bertz CT molecular complexity index is 903. The fourth-order valence-corrected chi connectivity index (χ4v) is 2.83. The smallest absolute Gasteiger partial charge is 0.266 e. The molecule has 2 N–H and O–H groups in total. The SMILES string of the molecule is COc1ccc(C(=O)NNS(=O)(=O)c2cc(F)ccc2F)cc1OC. The van der Waals surface area contributed by atoms with Gasteiger partial charge in [0.05, 0.1) is 14.2 Å². The molecule has 0 aliphatic rings. The molecule has 2 aromatic rings. The number of sulfonamides is 1. The van der Waals surface area contributed by atoms with E-state index in [-0.39, 0.29) is 11.3 Å². The molecule has 0 saturated carbocycles. The standard InChI is InChI=1S/C15H14F2N2O5S/c1-23-12-6-3-9(7-13(12)24-2)15(20)18-19-25(21,22)14-8-10(16)4-5-11(14)17/h3-8,19H,1-2H3,(H,18,20). The van der Waals surface area contributed by atoms with Gasteiger partial charge in [0.2, 0.25) is 0 Å². The summed E-state index contributed by atoms with van der Waals surface area (Å²) in [5, 5.41) is 0. The molecule has 7 nitrogen and oxygen atoms in total. The Morgan fingerprint density at radius 2 is 1.68 bits per heavy atom. The summed E-state index contributed by atoms with van der Waals surface area (Å²) in [6.45, 7) is 0. The normalized spacial score (nSPS) is 11.0. The molecule has 0 unspecified atom stereocenters. The maximum atomic E-state index is 13.6. The molecule has 0 heterocycles. The molecule has 2 rings (SSSR count). The lowest BCUT2D eigenvalue weighted by Gasteiger charge is -2.11. The number of carbonyl (C=O) groups is 1. The zero-order valence-electron chi connectivity index (χ0n) is 13.2. The highest BCUT2D eigenvalue weighted by molar-refractivity contribution is 7.89. The Morgan fingerprint density at radius 3 is 2.32 bits per heavy atom. The van der Waals surface area contributed by atoms with Gasteiger partial charge in [-0.2, -0.15) is 0 Å². The van der Waals surface area contributed by atoms with Gasteiger partial charge < -0.3 is 9.47 Å². The van der Waals surface area contributed by atoms with Crippen LogP contribution in [-0.4, -0.2) is 28.5 Å². The molecule has 0 bridgehead atoms. The van der Waals surface area contributed by atoms with Crippen LogP contribution in [-0.2, 0) is 10.0 Å². The van der Waals surface area contributed by atoms with Crippen molar-refractivity contribution in [1.29, 1.82) is 0 Å². The first-order valence-electron chi connectivity index (χ1n) is 6.77. The van der Waals surface area contributed by atoms with E-state index < -0.39 is 32.5 Å². The number of hydrogen-bond donors (Lipinski definition) is 2. The lowest BCUT2D eigenvalue weighted by Crippen LogP contribution is -2.41. The minimum absolute atomic E-state index is 0.0556. The minimum Gasteiger partial charge on any atom is -0.493 e. The van der Waals surface area contributed by atoms with Crippen LogP contribution in [0.4, 0.5) is 8.78 Å². The first-order valence-corrected chi connectivity index (χ1v) is 8.26. The summed E-state index contributed by atoms with van der Waals surface area (Å²) in [7, 11) is -1.71. The lowest BCUT2D eigenvalue weighted by molar-refractivity contribution is 0.0944. The predicted molar refractivity (Wildman–Crippen MR) is 83.7 cm³/mol.